The molecule has 7 nitrogen and oxygen atoms in total. The van der Waals surface area contributed by atoms with Crippen LogP contribution in [0.4, 0.5) is 17.1 Å². The maximum Gasteiger partial charge on any atom is 0.255 e. The van der Waals surface area contributed by atoms with Gasteiger partial charge in [-0.15, -0.1) is 11.8 Å². The summed E-state index contributed by atoms with van der Waals surface area (Å²) in [7, 11) is 0. The number of para-hydroxylation sites is 2. The highest BCUT2D eigenvalue weighted by molar-refractivity contribution is 8.01. The normalized spacial score (nSPS) is 16.0. The van der Waals surface area contributed by atoms with E-state index in [0.717, 1.165) is 4.90 Å². The van der Waals surface area contributed by atoms with Gasteiger partial charge >= 0.3 is 0 Å². The van der Waals surface area contributed by atoms with Crippen LogP contribution in [0.5, 0.6) is 5.75 Å². The lowest BCUT2D eigenvalue weighted by atomic mass is 10.1. The lowest BCUT2D eigenvalue weighted by Crippen LogP contribution is -2.32. The number of rotatable bonds is 6. The van der Waals surface area contributed by atoms with Gasteiger partial charge in [-0.2, -0.15) is 0 Å². The second-order valence-electron chi connectivity index (χ2n) is 7.82. The van der Waals surface area contributed by atoms with Gasteiger partial charge in [-0.3, -0.25) is 9.59 Å². The van der Waals surface area contributed by atoms with E-state index < -0.39 is 11.1 Å². The van der Waals surface area contributed by atoms with E-state index in [-0.39, 0.29) is 23.0 Å². The molecule has 33 heavy (non-hydrogen) atoms. The largest absolute Gasteiger partial charge is 0.396 e. The van der Waals surface area contributed by atoms with Gasteiger partial charge in [0, 0.05) is 16.1 Å². The van der Waals surface area contributed by atoms with Gasteiger partial charge in [0.15, 0.2) is 5.75 Å². The van der Waals surface area contributed by atoms with Crippen LogP contribution in [0.2, 0.25) is 0 Å². The summed E-state index contributed by atoms with van der Waals surface area (Å²) < 4.78 is 17.9. The molecular weight excluding hydrogens is 458 g/mol. The molecule has 3 aromatic carbocycles. The Bertz CT molecular complexity index is 1230. The third-order valence-electron chi connectivity index (χ3n) is 5.01. The van der Waals surface area contributed by atoms with E-state index in [4.69, 9.17) is 9.92 Å². The number of nitrogens with two attached hydrogens (primary N) is 1. The van der Waals surface area contributed by atoms with Crippen molar-refractivity contribution in [2.45, 2.75) is 28.9 Å². The van der Waals surface area contributed by atoms with Crippen LogP contribution in [-0.4, -0.2) is 21.3 Å². The van der Waals surface area contributed by atoms with Crippen LogP contribution in [0.1, 0.15) is 24.2 Å². The van der Waals surface area contributed by atoms with Crippen LogP contribution in [0, 0.1) is 5.92 Å². The first-order valence-electron chi connectivity index (χ1n) is 10.3. The minimum absolute atomic E-state index is 0.0527. The van der Waals surface area contributed by atoms with Crippen LogP contribution in [0.15, 0.2) is 76.5 Å². The Hall–Kier alpha value is -3.30. The maximum atomic E-state index is 12.7. The summed E-state index contributed by atoms with van der Waals surface area (Å²) in [4.78, 5) is 26.4. The minimum Gasteiger partial charge on any atom is -0.396 e. The molecule has 1 aliphatic rings. The van der Waals surface area contributed by atoms with Crippen molar-refractivity contribution in [3.05, 3.63) is 72.3 Å². The molecule has 0 spiro atoms. The van der Waals surface area contributed by atoms with E-state index >= 15 is 0 Å². The number of nitrogen functional groups attached to an aromatic ring is 1. The highest BCUT2D eigenvalue weighted by atomic mass is 32.2. The fraction of sp³-hybridized carbons (Fsp3) is 0.167. The van der Waals surface area contributed by atoms with Crippen molar-refractivity contribution >= 4 is 51.7 Å². The predicted octanol–water partition coefficient (Wildman–Crippen LogP) is 4.69. The van der Waals surface area contributed by atoms with E-state index in [1.54, 1.807) is 60.7 Å². The van der Waals surface area contributed by atoms with Crippen LogP contribution >= 0.6 is 11.8 Å². The van der Waals surface area contributed by atoms with Gasteiger partial charge in [-0.1, -0.05) is 26.0 Å². The van der Waals surface area contributed by atoms with Crippen LogP contribution in [0.3, 0.4) is 0 Å². The van der Waals surface area contributed by atoms with Gasteiger partial charge in [0.25, 0.3) is 5.91 Å². The fourth-order valence-electron chi connectivity index (χ4n) is 3.24. The van der Waals surface area contributed by atoms with Crippen molar-refractivity contribution in [3.63, 3.8) is 0 Å². The molecule has 1 heterocycles. The monoisotopic (exact) mass is 481 g/mol. The number of carbonyl (C=O) groups is 2. The van der Waals surface area contributed by atoms with E-state index in [2.05, 4.69) is 10.6 Å². The first-order chi connectivity index (χ1) is 15.8. The molecule has 4 rings (SSSR count). The molecule has 2 atom stereocenters. The number of benzene rings is 3. The Morgan fingerprint density at radius 1 is 1.12 bits per heavy atom. The van der Waals surface area contributed by atoms with Crippen molar-refractivity contribution in [2.24, 2.45) is 5.92 Å². The molecule has 1 unspecified atom stereocenters. The Kier molecular flexibility index (Phi) is 6.71. The molecule has 0 fully saturated rings. The average Bonchev–Trinajstić information content (AvgIpc) is 2.80. The molecule has 3 aromatic rings. The van der Waals surface area contributed by atoms with Crippen molar-refractivity contribution in [2.75, 3.05) is 16.4 Å². The Morgan fingerprint density at radius 2 is 1.85 bits per heavy atom. The zero-order valence-corrected chi connectivity index (χ0v) is 19.7. The summed E-state index contributed by atoms with van der Waals surface area (Å²) in [6.07, 6.45) is 0. The molecule has 0 aromatic heterocycles. The fourth-order valence-corrected chi connectivity index (χ4v) is 5.11. The first kappa shape index (κ1) is 22.9. The van der Waals surface area contributed by atoms with E-state index in [9.17, 15) is 13.8 Å². The van der Waals surface area contributed by atoms with Crippen LogP contribution < -0.4 is 20.6 Å². The summed E-state index contributed by atoms with van der Waals surface area (Å²) in [5, 5.41) is 5.56. The quantitative estimate of drug-likeness (QED) is 0.441. The molecule has 9 heteroatoms. The summed E-state index contributed by atoms with van der Waals surface area (Å²) >= 11 is -0.238. The number of hydrogen-bond donors (Lipinski definition) is 3. The van der Waals surface area contributed by atoms with Gasteiger partial charge < -0.3 is 20.6 Å². The lowest BCUT2D eigenvalue weighted by molar-refractivity contribution is -0.116. The number of nitrogens with one attached hydrogen (secondary N) is 2. The SMILES string of the molecule is CC(C)[C@H]1Sc2ccc(C(=O)Nc3ccc(S(=O)Oc4ccccc4N)cc3)cc2NC1=O. The second kappa shape index (κ2) is 9.68. The number of anilines is 3. The Morgan fingerprint density at radius 3 is 2.55 bits per heavy atom. The molecule has 0 saturated heterocycles. The molecule has 0 saturated carbocycles. The molecule has 0 bridgehead atoms. The van der Waals surface area contributed by atoms with Crippen LogP contribution in [-0.2, 0) is 15.9 Å². The third-order valence-corrected chi connectivity index (χ3v) is 7.62. The zero-order chi connectivity index (χ0) is 23.5. The number of hydrogen-bond acceptors (Lipinski definition) is 6. The van der Waals surface area contributed by atoms with Gasteiger partial charge in [0.05, 0.1) is 21.5 Å². The van der Waals surface area contributed by atoms with E-state index in [0.29, 0.717) is 33.3 Å². The molecular formula is C24H23N3O4S2. The third kappa shape index (κ3) is 5.20. The standard InChI is InChI=1S/C24H23N3O4S2/c1-14(2)22-24(29)27-19-13-15(7-12-21(19)32-22)23(28)26-16-8-10-17(11-9-16)33(30)31-20-6-4-3-5-18(20)25/h3-14,22H,25H2,1-2H3,(H,26,28)(H,27,29)/t22-,33?/m1/s1. The van der Waals surface area contributed by atoms with Crippen LogP contribution in [0.25, 0.3) is 0 Å². The van der Waals surface area contributed by atoms with E-state index in [1.165, 1.54) is 11.8 Å². The summed E-state index contributed by atoms with van der Waals surface area (Å²) in [6.45, 7) is 4.02. The van der Waals surface area contributed by atoms with Crippen molar-refractivity contribution < 1.29 is 18.0 Å². The highest BCUT2D eigenvalue weighted by Gasteiger charge is 2.29. The number of thioether (sulfide) groups is 1. The number of amides is 2. The second-order valence-corrected chi connectivity index (χ2v) is 10.1. The molecule has 0 aliphatic carbocycles. The lowest BCUT2D eigenvalue weighted by Gasteiger charge is -2.26. The number of fused-ring (bicyclic) bond motifs is 1. The Balaban J connectivity index is 1.42. The Labute approximate surface area is 198 Å². The van der Waals surface area contributed by atoms with Crippen molar-refractivity contribution in [1.29, 1.82) is 0 Å². The maximum absolute atomic E-state index is 12.7. The topological polar surface area (TPSA) is 111 Å². The molecule has 0 radical (unpaired) electrons. The van der Waals surface area contributed by atoms with Crippen molar-refractivity contribution in [3.8, 4) is 5.75 Å². The molecule has 2 amide bonds. The molecule has 1 aliphatic heterocycles. The minimum atomic E-state index is -1.75. The molecule has 4 N–H and O–H groups in total. The van der Waals surface area contributed by atoms with Gasteiger partial charge in [-0.25, -0.2) is 4.21 Å². The summed E-state index contributed by atoms with van der Waals surface area (Å²) in [5.74, 6) is 0.179. The highest BCUT2D eigenvalue weighted by Crippen LogP contribution is 2.39. The van der Waals surface area contributed by atoms with Gasteiger partial charge in [0.2, 0.25) is 17.0 Å². The molecule has 170 valence electrons. The zero-order valence-electron chi connectivity index (χ0n) is 18.0. The van der Waals surface area contributed by atoms with Gasteiger partial charge in [-0.05, 0) is 60.5 Å². The smallest absolute Gasteiger partial charge is 0.255 e. The first-order valence-corrected chi connectivity index (χ1v) is 12.2. The summed E-state index contributed by atoms with van der Waals surface area (Å²) in [5.41, 5.74) is 7.82. The average molecular weight is 482 g/mol. The number of carbonyl (C=O) groups excluding carboxylic acids is 2. The van der Waals surface area contributed by atoms with E-state index in [1.807, 2.05) is 19.9 Å². The summed E-state index contributed by atoms with van der Waals surface area (Å²) in [6, 6.07) is 18.6. The van der Waals surface area contributed by atoms with Gasteiger partial charge in [0.1, 0.15) is 0 Å². The predicted molar refractivity (Wildman–Crippen MR) is 132 cm³/mol. The van der Waals surface area contributed by atoms with Crippen molar-refractivity contribution in [1.82, 2.24) is 0 Å².